The number of carbonyl (C=O) groups is 1. The Kier molecular flexibility index (Phi) is 3.60. The molecule has 0 spiro atoms. The zero-order chi connectivity index (χ0) is 14.2. The Morgan fingerprint density at radius 3 is 2.58 bits per heavy atom. The highest BCUT2D eigenvalue weighted by Gasteiger charge is 2.37. The van der Waals surface area contributed by atoms with E-state index in [0.29, 0.717) is 6.54 Å². The average Bonchev–Trinajstić information content (AvgIpc) is 3.14. The fraction of sp³-hybridized carbons (Fsp3) is 0.417. The maximum absolute atomic E-state index is 13.3. The fourth-order valence-electron chi connectivity index (χ4n) is 1.95. The Hall–Kier alpha value is -1.47. The predicted molar refractivity (Wildman–Crippen MR) is 65.9 cm³/mol. The van der Waals surface area contributed by atoms with Crippen molar-refractivity contribution in [1.82, 2.24) is 4.31 Å². The van der Waals surface area contributed by atoms with Gasteiger partial charge in [-0.2, -0.15) is 4.31 Å². The topological polar surface area (TPSA) is 74.7 Å². The molecule has 5 nitrogen and oxygen atoms in total. The lowest BCUT2D eigenvalue weighted by atomic mass is 10.2. The van der Waals surface area contributed by atoms with Crippen molar-refractivity contribution >= 4 is 16.0 Å². The average molecular weight is 287 g/mol. The van der Waals surface area contributed by atoms with Gasteiger partial charge in [0.05, 0.1) is 10.5 Å². The van der Waals surface area contributed by atoms with Crippen molar-refractivity contribution in [2.75, 3.05) is 6.54 Å². The molecule has 1 aromatic rings. The SMILES string of the molecule is CCN(C1CC1)S(=O)(=O)c1ccc(F)c(C(=O)O)c1. The Labute approximate surface area is 110 Å². The normalized spacial score (nSPS) is 15.7. The molecular formula is C12H14FNO4S. The van der Waals surface area contributed by atoms with Gasteiger partial charge in [0.2, 0.25) is 10.0 Å². The first kappa shape index (κ1) is 14.0. The molecule has 1 fully saturated rings. The van der Waals surface area contributed by atoms with Crippen molar-refractivity contribution in [3.8, 4) is 0 Å². The lowest BCUT2D eigenvalue weighted by Crippen LogP contribution is -2.33. The molecule has 7 heteroatoms. The van der Waals surface area contributed by atoms with E-state index in [9.17, 15) is 17.6 Å². The number of sulfonamides is 1. The third-order valence-corrected chi connectivity index (χ3v) is 5.06. The van der Waals surface area contributed by atoms with E-state index < -0.39 is 27.4 Å². The van der Waals surface area contributed by atoms with Crippen LogP contribution in [0.25, 0.3) is 0 Å². The lowest BCUT2D eigenvalue weighted by molar-refractivity contribution is 0.0691. The van der Waals surface area contributed by atoms with E-state index in [1.165, 1.54) is 4.31 Å². The van der Waals surface area contributed by atoms with Crippen molar-refractivity contribution in [2.24, 2.45) is 0 Å². The molecule has 1 aliphatic carbocycles. The predicted octanol–water partition coefficient (Wildman–Crippen LogP) is 1.70. The second-order valence-electron chi connectivity index (χ2n) is 4.39. The molecule has 19 heavy (non-hydrogen) atoms. The third-order valence-electron chi connectivity index (χ3n) is 3.04. The molecule has 0 unspecified atom stereocenters. The van der Waals surface area contributed by atoms with Crippen LogP contribution in [-0.2, 0) is 10.0 Å². The first-order chi connectivity index (χ1) is 8.87. The summed E-state index contributed by atoms with van der Waals surface area (Å²) < 4.78 is 39.3. The van der Waals surface area contributed by atoms with E-state index in [0.717, 1.165) is 31.0 Å². The van der Waals surface area contributed by atoms with Crippen LogP contribution >= 0.6 is 0 Å². The van der Waals surface area contributed by atoms with Crippen molar-refractivity contribution in [3.05, 3.63) is 29.6 Å². The molecule has 1 saturated carbocycles. The molecule has 2 rings (SSSR count). The first-order valence-electron chi connectivity index (χ1n) is 5.92. The smallest absolute Gasteiger partial charge is 0.338 e. The largest absolute Gasteiger partial charge is 0.478 e. The van der Waals surface area contributed by atoms with Gasteiger partial charge in [0.25, 0.3) is 0 Å². The Balaban J connectivity index is 2.45. The molecule has 0 saturated heterocycles. The van der Waals surface area contributed by atoms with E-state index in [2.05, 4.69) is 0 Å². The minimum absolute atomic E-state index is 0.0201. The zero-order valence-corrected chi connectivity index (χ0v) is 11.2. The third kappa shape index (κ3) is 2.62. The summed E-state index contributed by atoms with van der Waals surface area (Å²) in [7, 11) is -3.76. The molecule has 1 aliphatic rings. The second kappa shape index (κ2) is 4.90. The van der Waals surface area contributed by atoms with E-state index in [1.54, 1.807) is 6.92 Å². The van der Waals surface area contributed by atoms with Crippen LogP contribution in [0.1, 0.15) is 30.1 Å². The molecule has 0 aliphatic heterocycles. The summed E-state index contributed by atoms with van der Waals surface area (Å²) in [5.74, 6) is -2.43. The lowest BCUT2D eigenvalue weighted by Gasteiger charge is -2.20. The van der Waals surface area contributed by atoms with Gasteiger partial charge in [-0.25, -0.2) is 17.6 Å². The molecule has 0 atom stereocenters. The number of rotatable bonds is 5. The van der Waals surface area contributed by atoms with Crippen LogP contribution in [-0.4, -0.2) is 36.4 Å². The number of hydrogen-bond acceptors (Lipinski definition) is 3. The summed E-state index contributed by atoms with van der Waals surface area (Å²) >= 11 is 0. The van der Waals surface area contributed by atoms with E-state index in [1.807, 2.05) is 0 Å². The number of nitrogens with zero attached hydrogens (tertiary/aromatic N) is 1. The first-order valence-corrected chi connectivity index (χ1v) is 7.36. The minimum atomic E-state index is -3.76. The van der Waals surface area contributed by atoms with Gasteiger partial charge in [-0.1, -0.05) is 6.92 Å². The van der Waals surface area contributed by atoms with Gasteiger partial charge < -0.3 is 5.11 Å². The highest BCUT2D eigenvalue weighted by molar-refractivity contribution is 7.89. The van der Waals surface area contributed by atoms with Gasteiger partial charge in [-0.05, 0) is 31.0 Å². The van der Waals surface area contributed by atoms with Crippen molar-refractivity contribution < 1.29 is 22.7 Å². The molecule has 1 aromatic carbocycles. The summed E-state index contributed by atoms with van der Waals surface area (Å²) in [4.78, 5) is 10.7. The number of carboxylic acids is 1. The maximum atomic E-state index is 13.3. The van der Waals surface area contributed by atoms with E-state index >= 15 is 0 Å². The molecule has 0 heterocycles. The van der Waals surface area contributed by atoms with Crippen LogP contribution in [0.4, 0.5) is 4.39 Å². The minimum Gasteiger partial charge on any atom is -0.478 e. The van der Waals surface area contributed by atoms with Crippen LogP contribution < -0.4 is 0 Å². The summed E-state index contributed by atoms with van der Waals surface area (Å²) in [5, 5.41) is 8.82. The van der Waals surface area contributed by atoms with Gasteiger partial charge in [0.1, 0.15) is 5.82 Å². The van der Waals surface area contributed by atoms with Crippen LogP contribution in [0.3, 0.4) is 0 Å². The number of benzene rings is 1. The number of aromatic carboxylic acids is 1. The quantitative estimate of drug-likeness (QED) is 0.894. The summed E-state index contributed by atoms with van der Waals surface area (Å²) in [6, 6.07) is 2.82. The molecule has 1 N–H and O–H groups in total. The van der Waals surface area contributed by atoms with Crippen LogP contribution in [0.2, 0.25) is 0 Å². The number of halogens is 1. The number of carboxylic acid groups (broad SMARTS) is 1. The van der Waals surface area contributed by atoms with Gasteiger partial charge in [0.15, 0.2) is 0 Å². The summed E-state index contributed by atoms with van der Waals surface area (Å²) in [5.41, 5.74) is -0.632. The monoisotopic (exact) mass is 287 g/mol. The standard InChI is InChI=1S/C12H14FNO4S/c1-2-14(8-3-4-8)19(17,18)9-5-6-11(13)10(7-9)12(15)16/h5-8H,2-4H2,1H3,(H,15,16). The van der Waals surface area contributed by atoms with Crippen molar-refractivity contribution in [3.63, 3.8) is 0 Å². The van der Waals surface area contributed by atoms with Gasteiger partial charge in [0, 0.05) is 12.6 Å². The Morgan fingerprint density at radius 1 is 1.47 bits per heavy atom. The van der Waals surface area contributed by atoms with Crippen LogP contribution in [0, 0.1) is 5.82 Å². The molecule has 104 valence electrons. The fourth-order valence-corrected chi connectivity index (χ4v) is 3.67. The molecule has 0 amide bonds. The van der Waals surface area contributed by atoms with Crippen molar-refractivity contribution in [2.45, 2.75) is 30.7 Å². The molecule has 0 radical (unpaired) electrons. The second-order valence-corrected chi connectivity index (χ2v) is 6.28. The highest BCUT2D eigenvalue weighted by Crippen LogP contribution is 2.32. The van der Waals surface area contributed by atoms with Crippen molar-refractivity contribution in [1.29, 1.82) is 0 Å². The van der Waals surface area contributed by atoms with Gasteiger partial charge >= 0.3 is 5.97 Å². The maximum Gasteiger partial charge on any atom is 0.338 e. The Morgan fingerprint density at radius 2 is 2.11 bits per heavy atom. The van der Waals surface area contributed by atoms with Gasteiger partial charge in [-0.3, -0.25) is 0 Å². The Bertz CT molecular complexity index is 610. The molecular weight excluding hydrogens is 273 g/mol. The van der Waals surface area contributed by atoms with Gasteiger partial charge in [-0.15, -0.1) is 0 Å². The summed E-state index contributed by atoms with van der Waals surface area (Å²) in [6.45, 7) is 2.03. The van der Waals surface area contributed by atoms with E-state index in [4.69, 9.17) is 5.11 Å². The molecule has 0 bridgehead atoms. The van der Waals surface area contributed by atoms with E-state index in [-0.39, 0.29) is 10.9 Å². The molecule has 0 aromatic heterocycles. The highest BCUT2D eigenvalue weighted by atomic mass is 32.2. The number of hydrogen-bond donors (Lipinski definition) is 1. The van der Waals surface area contributed by atoms with Crippen LogP contribution in [0.5, 0.6) is 0 Å². The van der Waals surface area contributed by atoms with Crippen LogP contribution in [0.15, 0.2) is 23.1 Å². The summed E-state index contributed by atoms with van der Waals surface area (Å²) in [6.07, 6.45) is 1.61. The zero-order valence-electron chi connectivity index (χ0n) is 10.3.